The third-order valence-corrected chi connectivity index (χ3v) is 6.59. The lowest BCUT2D eigenvalue weighted by Gasteiger charge is -2.33. The first kappa shape index (κ1) is 15.3. The molecule has 0 bridgehead atoms. The van der Waals surface area contributed by atoms with E-state index in [0.29, 0.717) is 30.7 Å². The van der Waals surface area contributed by atoms with Gasteiger partial charge in [-0.25, -0.2) is 12.7 Å². The van der Waals surface area contributed by atoms with Gasteiger partial charge in [-0.15, -0.1) is 0 Å². The highest BCUT2D eigenvalue weighted by Gasteiger charge is 2.31. The normalized spacial score (nSPS) is 27.5. The number of hydrogen-bond acceptors (Lipinski definition) is 3. The Morgan fingerprint density at radius 3 is 2.37 bits per heavy atom. The lowest BCUT2D eigenvalue weighted by atomic mass is 9.91. The van der Waals surface area contributed by atoms with Crippen LogP contribution in [-0.4, -0.2) is 43.3 Å². The van der Waals surface area contributed by atoms with Gasteiger partial charge in [-0.1, -0.05) is 19.3 Å². The molecule has 0 spiro atoms. The van der Waals surface area contributed by atoms with Crippen LogP contribution in [0.25, 0.3) is 0 Å². The van der Waals surface area contributed by atoms with Crippen molar-refractivity contribution in [3.05, 3.63) is 0 Å². The van der Waals surface area contributed by atoms with Crippen LogP contribution >= 0.6 is 0 Å². The van der Waals surface area contributed by atoms with Gasteiger partial charge in [0.2, 0.25) is 10.0 Å². The molecule has 0 aromatic heterocycles. The van der Waals surface area contributed by atoms with E-state index in [1.54, 1.807) is 4.31 Å². The summed E-state index contributed by atoms with van der Waals surface area (Å²) in [5, 5.41) is 9.00. The molecule has 1 aliphatic carbocycles. The maximum Gasteiger partial charge on any atom is 0.214 e. The molecule has 2 aliphatic rings. The van der Waals surface area contributed by atoms with E-state index in [1.807, 2.05) is 0 Å². The van der Waals surface area contributed by atoms with Crippen molar-refractivity contribution < 1.29 is 13.5 Å². The van der Waals surface area contributed by atoms with Crippen molar-refractivity contribution in [1.29, 1.82) is 0 Å². The Kier molecular flexibility index (Phi) is 5.66. The first-order chi connectivity index (χ1) is 9.12. The maximum atomic E-state index is 12.5. The molecule has 19 heavy (non-hydrogen) atoms. The van der Waals surface area contributed by atoms with Crippen molar-refractivity contribution in [2.24, 2.45) is 11.8 Å². The number of aliphatic hydroxyl groups excluding tert-OH is 1. The fourth-order valence-corrected chi connectivity index (χ4v) is 5.44. The quantitative estimate of drug-likeness (QED) is 0.842. The van der Waals surface area contributed by atoms with Crippen molar-refractivity contribution >= 4 is 10.0 Å². The highest BCUT2D eigenvalue weighted by molar-refractivity contribution is 7.89. The van der Waals surface area contributed by atoms with Crippen LogP contribution in [0.5, 0.6) is 0 Å². The Bertz CT molecular complexity index is 361. The molecular formula is C14H27NO3S. The molecule has 0 aromatic rings. The van der Waals surface area contributed by atoms with Crippen molar-refractivity contribution in [3.8, 4) is 0 Å². The fourth-order valence-electron chi connectivity index (χ4n) is 3.45. The van der Waals surface area contributed by atoms with Gasteiger partial charge in [0.1, 0.15) is 0 Å². The maximum absolute atomic E-state index is 12.5. The molecule has 0 aromatic carbocycles. The predicted octanol–water partition coefficient (Wildman–Crippen LogP) is 1.99. The number of nitrogens with zero attached hydrogens (tertiary/aromatic N) is 1. The summed E-state index contributed by atoms with van der Waals surface area (Å²) < 4.78 is 26.6. The Labute approximate surface area is 117 Å². The molecule has 1 saturated carbocycles. The van der Waals surface area contributed by atoms with E-state index >= 15 is 0 Å². The molecule has 1 heterocycles. The van der Waals surface area contributed by atoms with Crippen molar-refractivity contribution in [2.75, 3.05) is 25.4 Å². The second-order valence-electron chi connectivity index (χ2n) is 6.16. The number of hydrogen-bond donors (Lipinski definition) is 1. The van der Waals surface area contributed by atoms with E-state index in [4.69, 9.17) is 5.11 Å². The molecule has 1 N–H and O–H groups in total. The summed E-state index contributed by atoms with van der Waals surface area (Å²) in [6, 6.07) is 0. The van der Waals surface area contributed by atoms with Crippen LogP contribution < -0.4 is 0 Å². The van der Waals surface area contributed by atoms with E-state index < -0.39 is 10.0 Å². The summed E-state index contributed by atoms with van der Waals surface area (Å²) in [5.41, 5.74) is 0. The molecule has 1 unspecified atom stereocenters. The second kappa shape index (κ2) is 7.04. The van der Waals surface area contributed by atoms with Crippen LogP contribution in [0.15, 0.2) is 0 Å². The van der Waals surface area contributed by atoms with E-state index in [9.17, 15) is 8.42 Å². The average molecular weight is 289 g/mol. The molecule has 0 radical (unpaired) electrons. The fraction of sp³-hybridized carbons (Fsp3) is 1.00. The molecule has 2 rings (SSSR count). The smallest absolute Gasteiger partial charge is 0.214 e. The molecule has 4 nitrogen and oxygen atoms in total. The number of rotatable bonds is 5. The zero-order valence-corrected chi connectivity index (χ0v) is 12.6. The molecule has 1 atom stereocenters. The van der Waals surface area contributed by atoms with Crippen LogP contribution in [0.1, 0.15) is 51.4 Å². The largest absolute Gasteiger partial charge is 0.396 e. The lowest BCUT2D eigenvalue weighted by Crippen LogP contribution is -2.42. The standard InChI is InChI=1S/C14H27NO3S/c16-10-8-13-7-4-9-15(11-13)19(17,18)12-14-5-2-1-3-6-14/h13-14,16H,1-12H2. The van der Waals surface area contributed by atoms with Crippen LogP contribution in [0.2, 0.25) is 0 Å². The second-order valence-corrected chi connectivity index (χ2v) is 8.17. The first-order valence-electron chi connectivity index (χ1n) is 7.70. The summed E-state index contributed by atoms with van der Waals surface area (Å²) in [5.74, 6) is 1.07. The van der Waals surface area contributed by atoms with Crippen LogP contribution in [-0.2, 0) is 10.0 Å². The highest BCUT2D eigenvalue weighted by atomic mass is 32.2. The van der Waals surface area contributed by atoms with Crippen molar-refractivity contribution in [3.63, 3.8) is 0 Å². The van der Waals surface area contributed by atoms with Gasteiger partial charge in [0.15, 0.2) is 0 Å². The van der Waals surface area contributed by atoms with Crippen molar-refractivity contribution in [2.45, 2.75) is 51.4 Å². The predicted molar refractivity (Wildman–Crippen MR) is 76.4 cm³/mol. The third-order valence-electron chi connectivity index (χ3n) is 4.58. The van der Waals surface area contributed by atoms with Gasteiger partial charge in [-0.05, 0) is 43.9 Å². The molecule has 2 fully saturated rings. The molecule has 0 amide bonds. The molecular weight excluding hydrogens is 262 g/mol. The third kappa shape index (κ3) is 4.43. The summed E-state index contributed by atoms with van der Waals surface area (Å²) in [4.78, 5) is 0. The van der Waals surface area contributed by atoms with Gasteiger partial charge in [0.05, 0.1) is 5.75 Å². The topological polar surface area (TPSA) is 57.6 Å². The first-order valence-corrected chi connectivity index (χ1v) is 9.31. The minimum atomic E-state index is -3.08. The van der Waals surface area contributed by atoms with Gasteiger partial charge in [-0.3, -0.25) is 0 Å². The van der Waals surface area contributed by atoms with Gasteiger partial charge in [0, 0.05) is 19.7 Å². The van der Waals surface area contributed by atoms with Crippen molar-refractivity contribution in [1.82, 2.24) is 4.31 Å². The number of aliphatic hydroxyl groups is 1. The van der Waals surface area contributed by atoms with Crippen LogP contribution in [0, 0.1) is 11.8 Å². The minimum absolute atomic E-state index is 0.168. The zero-order valence-electron chi connectivity index (χ0n) is 11.8. The van der Waals surface area contributed by atoms with Crippen LogP contribution in [0.3, 0.4) is 0 Å². The summed E-state index contributed by atoms with van der Waals surface area (Å²) in [6.07, 6.45) is 8.51. The summed E-state index contributed by atoms with van der Waals surface area (Å²) in [6.45, 7) is 1.47. The highest BCUT2D eigenvalue weighted by Crippen LogP contribution is 2.28. The Hall–Kier alpha value is -0.130. The van der Waals surface area contributed by atoms with E-state index in [-0.39, 0.29) is 6.61 Å². The van der Waals surface area contributed by atoms with E-state index in [1.165, 1.54) is 19.3 Å². The number of piperidine rings is 1. The van der Waals surface area contributed by atoms with Gasteiger partial charge < -0.3 is 5.11 Å². The molecule has 112 valence electrons. The molecule has 1 aliphatic heterocycles. The SMILES string of the molecule is O=S(=O)(CC1CCCCC1)N1CCCC(CCO)C1. The van der Waals surface area contributed by atoms with E-state index in [2.05, 4.69) is 0 Å². The monoisotopic (exact) mass is 289 g/mol. The average Bonchev–Trinajstić information content (AvgIpc) is 2.40. The van der Waals surface area contributed by atoms with E-state index in [0.717, 1.165) is 32.1 Å². The number of sulfonamides is 1. The zero-order chi connectivity index (χ0) is 13.7. The Morgan fingerprint density at radius 2 is 1.68 bits per heavy atom. The summed E-state index contributed by atoms with van der Waals surface area (Å²) >= 11 is 0. The Morgan fingerprint density at radius 1 is 1.00 bits per heavy atom. The van der Waals surface area contributed by atoms with Gasteiger partial charge in [0.25, 0.3) is 0 Å². The summed E-state index contributed by atoms with van der Waals surface area (Å²) in [7, 11) is -3.08. The lowest BCUT2D eigenvalue weighted by molar-refractivity contribution is 0.202. The molecule has 1 saturated heterocycles. The Balaban J connectivity index is 1.90. The van der Waals surface area contributed by atoms with Gasteiger partial charge in [-0.2, -0.15) is 0 Å². The minimum Gasteiger partial charge on any atom is -0.396 e. The van der Waals surface area contributed by atoms with Crippen LogP contribution in [0.4, 0.5) is 0 Å². The van der Waals surface area contributed by atoms with Gasteiger partial charge >= 0.3 is 0 Å². The molecule has 5 heteroatoms.